The van der Waals surface area contributed by atoms with Gasteiger partial charge in [0.1, 0.15) is 17.2 Å². The molecule has 0 radical (unpaired) electrons. The third-order valence-electron chi connectivity index (χ3n) is 9.00. The van der Waals surface area contributed by atoms with Crippen molar-refractivity contribution in [1.82, 2.24) is 24.4 Å². The standard InChI is InChI=1S/C31H41N7O3/c1-29(2)17-24-31(5,19-41-29)22-18-32-28(35-27(22)38(24)25-9-7-8-23(34-25)30(3,4)40)33-20-10-15-37(26(39)16-20)21-11-13-36(6)14-12-21/h7-10,15-16,18,21,24,40H,11-14,17,19H2,1-6H3,(H,32,33,35)/t24-,31-/m1/s1. The van der Waals surface area contributed by atoms with E-state index in [0.29, 0.717) is 23.9 Å². The molecule has 0 bridgehead atoms. The predicted molar refractivity (Wildman–Crippen MR) is 159 cm³/mol. The number of pyridine rings is 2. The molecular formula is C31H41N7O3. The van der Waals surface area contributed by atoms with Crippen molar-refractivity contribution >= 4 is 23.3 Å². The number of hydrogen-bond donors (Lipinski definition) is 2. The van der Waals surface area contributed by atoms with E-state index in [4.69, 9.17) is 14.7 Å². The summed E-state index contributed by atoms with van der Waals surface area (Å²) < 4.78 is 8.15. The quantitative estimate of drug-likeness (QED) is 0.474. The van der Waals surface area contributed by atoms with Crippen LogP contribution in [0.3, 0.4) is 0 Å². The molecule has 3 aliphatic heterocycles. The van der Waals surface area contributed by atoms with Crippen LogP contribution >= 0.6 is 0 Å². The molecule has 3 aromatic rings. The number of fused-ring (bicyclic) bond motifs is 3. The van der Waals surface area contributed by atoms with Crippen LogP contribution in [0.1, 0.15) is 71.2 Å². The van der Waals surface area contributed by atoms with Crippen LogP contribution < -0.4 is 15.8 Å². The first-order valence-electron chi connectivity index (χ1n) is 14.5. The molecule has 2 saturated heterocycles. The number of aromatic nitrogens is 4. The van der Waals surface area contributed by atoms with E-state index in [0.717, 1.165) is 49.6 Å². The number of rotatable bonds is 5. The molecule has 0 amide bonds. The van der Waals surface area contributed by atoms with Crippen LogP contribution in [0.5, 0.6) is 0 Å². The van der Waals surface area contributed by atoms with Crippen molar-refractivity contribution in [2.24, 2.45) is 0 Å². The summed E-state index contributed by atoms with van der Waals surface area (Å²) >= 11 is 0. The van der Waals surface area contributed by atoms with Crippen LogP contribution in [0, 0.1) is 0 Å². The molecular weight excluding hydrogens is 518 g/mol. The number of aliphatic hydroxyl groups is 1. The lowest BCUT2D eigenvalue weighted by Gasteiger charge is -2.46. The van der Waals surface area contributed by atoms with Gasteiger partial charge in [-0.1, -0.05) is 13.0 Å². The Bertz CT molecular complexity index is 1510. The van der Waals surface area contributed by atoms with Crippen LogP contribution in [0.4, 0.5) is 23.3 Å². The maximum absolute atomic E-state index is 13.0. The average Bonchev–Trinajstić information content (AvgIpc) is 3.16. The lowest BCUT2D eigenvalue weighted by Crippen LogP contribution is -2.54. The van der Waals surface area contributed by atoms with E-state index >= 15 is 0 Å². The first-order chi connectivity index (χ1) is 19.3. The Hall–Kier alpha value is -3.34. The molecule has 0 saturated carbocycles. The molecule has 3 aliphatic rings. The van der Waals surface area contributed by atoms with Gasteiger partial charge in [-0.05, 0) is 85.3 Å². The van der Waals surface area contributed by atoms with E-state index in [1.54, 1.807) is 19.9 Å². The van der Waals surface area contributed by atoms with E-state index in [1.807, 2.05) is 41.2 Å². The second kappa shape index (κ2) is 9.89. The summed E-state index contributed by atoms with van der Waals surface area (Å²) in [5.74, 6) is 1.89. The molecule has 10 nitrogen and oxygen atoms in total. The molecule has 0 unspecified atom stereocenters. The minimum atomic E-state index is -1.08. The minimum absolute atomic E-state index is 0.0297. The van der Waals surface area contributed by atoms with Crippen LogP contribution in [0.15, 0.2) is 47.5 Å². The van der Waals surface area contributed by atoms with Crippen molar-refractivity contribution in [2.75, 3.05) is 37.0 Å². The number of hydrogen-bond acceptors (Lipinski definition) is 9. The van der Waals surface area contributed by atoms with Crippen LogP contribution in [0.2, 0.25) is 0 Å². The molecule has 10 heteroatoms. The van der Waals surface area contributed by atoms with Crippen LogP contribution in [-0.2, 0) is 15.8 Å². The maximum atomic E-state index is 13.0. The number of likely N-dealkylation sites (tertiary alicyclic amines) is 1. The second-order valence-electron chi connectivity index (χ2n) is 13.2. The van der Waals surface area contributed by atoms with E-state index in [2.05, 4.69) is 47.9 Å². The van der Waals surface area contributed by atoms with Gasteiger partial charge in [-0.3, -0.25) is 4.79 Å². The Morgan fingerprint density at radius 2 is 1.88 bits per heavy atom. The van der Waals surface area contributed by atoms with E-state index in [1.165, 1.54) is 0 Å². The Labute approximate surface area is 241 Å². The lowest BCUT2D eigenvalue weighted by atomic mass is 9.73. The lowest BCUT2D eigenvalue weighted by molar-refractivity contribution is -0.0893. The largest absolute Gasteiger partial charge is 0.384 e. The Morgan fingerprint density at radius 3 is 2.59 bits per heavy atom. The van der Waals surface area contributed by atoms with Crippen molar-refractivity contribution in [3.8, 4) is 0 Å². The highest BCUT2D eigenvalue weighted by atomic mass is 16.5. The molecule has 2 N–H and O–H groups in total. The number of nitrogens with one attached hydrogen (secondary N) is 1. The van der Waals surface area contributed by atoms with Gasteiger partial charge < -0.3 is 29.5 Å². The molecule has 0 aliphatic carbocycles. The topological polar surface area (TPSA) is 109 Å². The van der Waals surface area contributed by atoms with Crippen molar-refractivity contribution in [2.45, 2.75) is 82.6 Å². The van der Waals surface area contributed by atoms with Gasteiger partial charge in [0.25, 0.3) is 5.56 Å². The summed E-state index contributed by atoms with van der Waals surface area (Å²) in [4.78, 5) is 32.1. The van der Waals surface area contributed by atoms with Gasteiger partial charge in [-0.2, -0.15) is 4.98 Å². The average molecular weight is 560 g/mol. The maximum Gasteiger partial charge on any atom is 0.252 e. The minimum Gasteiger partial charge on any atom is -0.384 e. The highest BCUT2D eigenvalue weighted by Crippen LogP contribution is 2.53. The third kappa shape index (κ3) is 5.13. The highest BCUT2D eigenvalue weighted by Gasteiger charge is 2.55. The molecule has 2 fully saturated rings. The summed E-state index contributed by atoms with van der Waals surface area (Å²) in [5, 5.41) is 14.0. The van der Waals surface area contributed by atoms with Gasteiger partial charge in [-0.25, -0.2) is 9.97 Å². The summed E-state index contributed by atoms with van der Waals surface area (Å²) in [6, 6.07) is 9.53. The Kier molecular flexibility index (Phi) is 6.71. The molecule has 6 heterocycles. The molecule has 218 valence electrons. The van der Waals surface area contributed by atoms with Crippen molar-refractivity contribution in [3.63, 3.8) is 0 Å². The SMILES string of the molecule is CN1CCC(n2ccc(Nc3ncc4c(n3)N(c3cccc(C(C)(C)O)n3)[C@@H]3CC(C)(C)OC[C@]43C)cc2=O)CC1. The Balaban J connectivity index is 1.35. The van der Waals surface area contributed by atoms with Crippen molar-refractivity contribution < 1.29 is 9.84 Å². The van der Waals surface area contributed by atoms with Gasteiger partial charge >= 0.3 is 0 Å². The molecule has 3 aromatic heterocycles. The third-order valence-corrected chi connectivity index (χ3v) is 9.00. The van der Waals surface area contributed by atoms with E-state index < -0.39 is 5.60 Å². The fraction of sp³-hybridized carbons (Fsp3) is 0.548. The van der Waals surface area contributed by atoms with E-state index in [-0.39, 0.29) is 28.7 Å². The molecule has 6 rings (SSSR count). The second-order valence-corrected chi connectivity index (χ2v) is 13.2. The predicted octanol–water partition coefficient (Wildman–Crippen LogP) is 4.25. The summed E-state index contributed by atoms with van der Waals surface area (Å²) in [7, 11) is 2.12. The summed E-state index contributed by atoms with van der Waals surface area (Å²) in [5.41, 5.74) is 0.472. The fourth-order valence-corrected chi connectivity index (χ4v) is 6.43. The zero-order valence-corrected chi connectivity index (χ0v) is 24.9. The van der Waals surface area contributed by atoms with Crippen molar-refractivity contribution in [1.29, 1.82) is 0 Å². The van der Waals surface area contributed by atoms with Crippen LogP contribution in [0.25, 0.3) is 0 Å². The highest BCUT2D eigenvalue weighted by molar-refractivity contribution is 5.71. The Morgan fingerprint density at radius 1 is 1.12 bits per heavy atom. The number of nitrogens with zero attached hydrogens (tertiary/aromatic N) is 6. The van der Waals surface area contributed by atoms with E-state index in [9.17, 15) is 9.90 Å². The van der Waals surface area contributed by atoms with Gasteiger partial charge in [-0.15, -0.1) is 0 Å². The zero-order chi connectivity index (χ0) is 29.2. The summed E-state index contributed by atoms with van der Waals surface area (Å²) in [6.07, 6.45) is 6.46. The first-order valence-corrected chi connectivity index (χ1v) is 14.5. The van der Waals surface area contributed by atoms with Crippen LogP contribution in [-0.4, -0.2) is 67.9 Å². The van der Waals surface area contributed by atoms with Gasteiger partial charge in [0.2, 0.25) is 5.95 Å². The normalized spacial score (nSPS) is 24.7. The van der Waals surface area contributed by atoms with Gasteiger partial charge in [0.05, 0.1) is 23.9 Å². The summed E-state index contributed by atoms with van der Waals surface area (Å²) in [6.45, 7) is 12.4. The molecule has 41 heavy (non-hydrogen) atoms. The number of ether oxygens (including phenoxy) is 1. The zero-order valence-electron chi connectivity index (χ0n) is 24.9. The first kappa shape index (κ1) is 27.8. The monoisotopic (exact) mass is 559 g/mol. The number of anilines is 4. The molecule has 0 spiro atoms. The van der Waals surface area contributed by atoms with Gasteiger partial charge in [0, 0.05) is 41.2 Å². The van der Waals surface area contributed by atoms with Gasteiger partial charge in [0.15, 0.2) is 0 Å². The van der Waals surface area contributed by atoms with Crippen molar-refractivity contribution in [3.05, 3.63) is 64.3 Å². The number of piperidine rings is 1. The smallest absolute Gasteiger partial charge is 0.252 e. The molecule has 0 aromatic carbocycles. The molecule has 2 atom stereocenters. The fourth-order valence-electron chi connectivity index (χ4n) is 6.43.